The zero-order chi connectivity index (χ0) is 21.5. The summed E-state index contributed by atoms with van der Waals surface area (Å²) in [5.74, 6) is 0.195. The first-order valence-electron chi connectivity index (χ1n) is 10.3. The van der Waals surface area contributed by atoms with E-state index in [1.165, 1.54) is 5.56 Å². The van der Waals surface area contributed by atoms with Crippen molar-refractivity contribution in [3.8, 4) is 17.0 Å². The van der Waals surface area contributed by atoms with Gasteiger partial charge in [-0.3, -0.25) is 0 Å². The summed E-state index contributed by atoms with van der Waals surface area (Å²) in [5, 5.41) is 11.2. The van der Waals surface area contributed by atoms with Crippen molar-refractivity contribution in [2.75, 3.05) is 0 Å². The molecule has 4 heteroatoms. The van der Waals surface area contributed by atoms with Gasteiger partial charge in [0.25, 0.3) is 0 Å². The second kappa shape index (κ2) is 8.55. The minimum atomic E-state index is -0.423. The number of para-hydroxylation sites is 1. The minimum Gasteiger partial charge on any atom is -0.506 e. The van der Waals surface area contributed by atoms with Gasteiger partial charge in [0.05, 0.1) is 5.69 Å². The second-order valence-electron chi connectivity index (χ2n) is 9.32. The fourth-order valence-corrected chi connectivity index (χ4v) is 3.62. The zero-order valence-electron chi connectivity index (χ0n) is 18.5. The number of rotatable bonds is 3. The molecule has 0 unspecified atom stereocenters. The van der Waals surface area contributed by atoms with E-state index < -0.39 is 5.41 Å². The molecule has 0 saturated carbocycles. The van der Waals surface area contributed by atoms with E-state index in [9.17, 15) is 5.11 Å². The largest absolute Gasteiger partial charge is 0.506 e. The standard InChI is InChI=1S/C27H27N2O.Pt/c1-26(2,3)20-11-6-10-19(17-20)21-12-8-14-23(28-21)27(4,5)24-16-15-18-9-7-13-22(30)25(18)29-24;/h6-9,11-17,30H,1-5H3;/q-1;. The Kier molecular flexibility index (Phi) is 6.39. The van der Waals surface area contributed by atoms with E-state index >= 15 is 0 Å². The zero-order valence-corrected chi connectivity index (χ0v) is 20.8. The monoisotopic (exact) mass is 590 g/mol. The number of phenols is 1. The summed E-state index contributed by atoms with van der Waals surface area (Å²) in [6, 6.07) is 25.2. The van der Waals surface area contributed by atoms with Gasteiger partial charge >= 0.3 is 0 Å². The Hall–Kier alpha value is -2.51. The predicted molar refractivity (Wildman–Crippen MR) is 123 cm³/mol. The average Bonchev–Trinajstić information content (AvgIpc) is 2.73. The first-order chi connectivity index (χ1) is 14.2. The van der Waals surface area contributed by atoms with Crippen molar-refractivity contribution >= 4 is 10.9 Å². The van der Waals surface area contributed by atoms with Crippen LogP contribution in [0.4, 0.5) is 0 Å². The van der Waals surface area contributed by atoms with Crippen molar-refractivity contribution in [1.82, 2.24) is 9.97 Å². The van der Waals surface area contributed by atoms with E-state index in [4.69, 9.17) is 9.97 Å². The normalized spacial score (nSPS) is 11.9. The van der Waals surface area contributed by atoms with Crippen LogP contribution in [-0.4, -0.2) is 15.1 Å². The molecule has 2 aromatic heterocycles. The van der Waals surface area contributed by atoms with Crippen LogP contribution in [0, 0.1) is 6.07 Å². The van der Waals surface area contributed by atoms with E-state index in [2.05, 4.69) is 52.8 Å². The topological polar surface area (TPSA) is 46.0 Å². The van der Waals surface area contributed by atoms with Gasteiger partial charge in [0.2, 0.25) is 0 Å². The summed E-state index contributed by atoms with van der Waals surface area (Å²) >= 11 is 0. The van der Waals surface area contributed by atoms with Crippen LogP contribution in [0.25, 0.3) is 22.2 Å². The van der Waals surface area contributed by atoms with Gasteiger partial charge < -0.3 is 10.1 Å². The molecular formula is C27H27N2OPt-. The van der Waals surface area contributed by atoms with E-state index in [0.29, 0.717) is 5.52 Å². The summed E-state index contributed by atoms with van der Waals surface area (Å²) in [4.78, 5) is 9.76. The maximum Gasteiger partial charge on any atom is 0.141 e. The van der Waals surface area contributed by atoms with Crippen molar-refractivity contribution in [3.05, 3.63) is 89.7 Å². The molecule has 0 radical (unpaired) electrons. The summed E-state index contributed by atoms with van der Waals surface area (Å²) in [7, 11) is 0. The van der Waals surface area contributed by atoms with Gasteiger partial charge in [-0.1, -0.05) is 51.1 Å². The first kappa shape index (κ1) is 23.2. The number of fused-ring (bicyclic) bond motifs is 1. The van der Waals surface area contributed by atoms with Gasteiger partial charge in [-0.25, -0.2) is 4.98 Å². The van der Waals surface area contributed by atoms with Gasteiger partial charge in [0, 0.05) is 37.6 Å². The number of phenolic OH excluding ortho intramolecular Hbond substituents is 1. The number of aromatic nitrogens is 2. The molecule has 0 fully saturated rings. The Morgan fingerprint density at radius 2 is 1.52 bits per heavy atom. The molecule has 2 aromatic carbocycles. The van der Waals surface area contributed by atoms with Gasteiger partial charge in [0.15, 0.2) is 0 Å². The molecule has 0 aliphatic heterocycles. The van der Waals surface area contributed by atoms with Crippen LogP contribution < -0.4 is 0 Å². The number of nitrogens with zero attached hydrogens (tertiary/aromatic N) is 2. The Morgan fingerprint density at radius 1 is 0.806 bits per heavy atom. The molecule has 0 amide bonds. The molecule has 31 heavy (non-hydrogen) atoms. The Labute approximate surface area is 198 Å². The Morgan fingerprint density at radius 3 is 2.26 bits per heavy atom. The molecule has 4 rings (SSSR count). The van der Waals surface area contributed by atoms with E-state index in [1.807, 2.05) is 48.5 Å². The minimum absolute atomic E-state index is 0. The number of aromatic hydroxyl groups is 1. The molecule has 0 spiro atoms. The van der Waals surface area contributed by atoms with Gasteiger partial charge in [-0.05, 0) is 43.2 Å². The van der Waals surface area contributed by atoms with Crippen LogP contribution in [-0.2, 0) is 31.9 Å². The number of benzene rings is 2. The maximum absolute atomic E-state index is 10.2. The molecule has 3 nitrogen and oxygen atoms in total. The number of hydrogen-bond acceptors (Lipinski definition) is 3. The molecule has 162 valence electrons. The fraction of sp³-hybridized carbons (Fsp3) is 0.259. The molecular weight excluding hydrogens is 563 g/mol. The summed E-state index contributed by atoms with van der Waals surface area (Å²) in [6.07, 6.45) is 0. The summed E-state index contributed by atoms with van der Waals surface area (Å²) in [6.45, 7) is 10.9. The van der Waals surface area contributed by atoms with Crippen molar-refractivity contribution in [1.29, 1.82) is 0 Å². The smallest absolute Gasteiger partial charge is 0.141 e. The van der Waals surface area contributed by atoms with Crippen LogP contribution in [0.1, 0.15) is 51.6 Å². The van der Waals surface area contributed by atoms with E-state index in [-0.39, 0.29) is 32.2 Å². The van der Waals surface area contributed by atoms with Crippen molar-refractivity contribution in [2.24, 2.45) is 0 Å². The SMILES string of the molecule is CC(C)(C)c1cc[c-]c(-c2cccc(C(C)(C)c3ccc4cccc(O)c4n3)n2)c1.[Pt]. The Bertz CT molecular complexity index is 1230. The third-order valence-electron chi connectivity index (χ3n) is 5.67. The van der Waals surface area contributed by atoms with Gasteiger partial charge in [0.1, 0.15) is 11.3 Å². The van der Waals surface area contributed by atoms with E-state index in [0.717, 1.165) is 28.0 Å². The molecule has 0 aliphatic carbocycles. The van der Waals surface area contributed by atoms with Crippen LogP contribution in [0.2, 0.25) is 0 Å². The predicted octanol–water partition coefficient (Wildman–Crippen LogP) is 6.42. The third-order valence-corrected chi connectivity index (χ3v) is 5.67. The maximum atomic E-state index is 10.2. The first-order valence-corrected chi connectivity index (χ1v) is 10.3. The van der Waals surface area contributed by atoms with Crippen LogP contribution in [0.3, 0.4) is 0 Å². The number of pyridine rings is 2. The van der Waals surface area contributed by atoms with E-state index in [1.54, 1.807) is 6.07 Å². The quantitative estimate of drug-likeness (QED) is 0.280. The molecule has 1 N–H and O–H groups in total. The van der Waals surface area contributed by atoms with Crippen LogP contribution in [0.15, 0.2) is 66.7 Å². The molecule has 0 atom stereocenters. The van der Waals surface area contributed by atoms with Crippen LogP contribution >= 0.6 is 0 Å². The molecule has 0 aliphatic rings. The number of hydrogen-bond donors (Lipinski definition) is 1. The Balaban J connectivity index is 0.00000272. The van der Waals surface area contributed by atoms with Crippen molar-refractivity contribution in [3.63, 3.8) is 0 Å². The van der Waals surface area contributed by atoms with Crippen LogP contribution in [0.5, 0.6) is 5.75 Å². The fourth-order valence-electron chi connectivity index (χ4n) is 3.62. The summed E-state index contributed by atoms with van der Waals surface area (Å²) < 4.78 is 0. The average molecular weight is 591 g/mol. The van der Waals surface area contributed by atoms with Gasteiger partial charge in [-0.2, -0.15) is 0 Å². The molecule has 4 aromatic rings. The molecule has 0 saturated heterocycles. The molecule has 0 bridgehead atoms. The van der Waals surface area contributed by atoms with Crippen molar-refractivity contribution < 1.29 is 26.2 Å². The summed E-state index contributed by atoms with van der Waals surface area (Å²) in [5.41, 5.74) is 5.20. The second-order valence-corrected chi connectivity index (χ2v) is 9.32. The van der Waals surface area contributed by atoms with Gasteiger partial charge in [-0.15, -0.1) is 35.4 Å². The molecule has 2 heterocycles. The third kappa shape index (κ3) is 4.57. The van der Waals surface area contributed by atoms with Crippen molar-refractivity contribution in [2.45, 2.75) is 45.4 Å².